The number of carbonyl (C=O) groups is 2. The fourth-order valence-electron chi connectivity index (χ4n) is 2.75. The van der Waals surface area contributed by atoms with Crippen molar-refractivity contribution in [3.8, 4) is 0 Å². The number of fused-ring (bicyclic) bond motifs is 1. The standard InChI is InChI=1S/C19H14N2O5/c1-21-14-9-12(25-16(14)10-15(21)19(23)24-2)8-13-18(22)26-17(20-13)11-6-4-3-5-7-11/h3-10H,1-2H3/b13-8+. The highest BCUT2D eigenvalue weighted by atomic mass is 16.6. The van der Waals surface area contributed by atoms with Crippen molar-refractivity contribution in [3.05, 3.63) is 65.2 Å². The molecule has 130 valence electrons. The van der Waals surface area contributed by atoms with E-state index in [2.05, 4.69) is 4.99 Å². The van der Waals surface area contributed by atoms with Gasteiger partial charge in [0, 0.05) is 30.8 Å². The van der Waals surface area contributed by atoms with Crippen LogP contribution in [0, 0.1) is 0 Å². The molecule has 4 rings (SSSR count). The number of hydrogen-bond donors (Lipinski definition) is 0. The molecule has 0 fully saturated rings. The Morgan fingerprint density at radius 1 is 1.23 bits per heavy atom. The van der Waals surface area contributed by atoms with Crippen LogP contribution in [0.4, 0.5) is 0 Å². The van der Waals surface area contributed by atoms with E-state index in [-0.39, 0.29) is 11.6 Å². The Kier molecular flexibility index (Phi) is 3.69. The summed E-state index contributed by atoms with van der Waals surface area (Å²) in [5.74, 6) is -0.298. The highest BCUT2D eigenvalue weighted by Crippen LogP contribution is 2.26. The number of hydrogen-bond acceptors (Lipinski definition) is 6. The number of furan rings is 1. The summed E-state index contributed by atoms with van der Waals surface area (Å²) in [5, 5.41) is 0. The topological polar surface area (TPSA) is 83.0 Å². The summed E-state index contributed by atoms with van der Waals surface area (Å²) >= 11 is 0. The first-order valence-electron chi connectivity index (χ1n) is 7.82. The number of esters is 2. The van der Waals surface area contributed by atoms with Crippen molar-refractivity contribution in [1.29, 1.82) is 0 Å². The van der Waals surface area contributed by atoms with Gasteiger partial charge in [-0.25, -0.2) is 14.6 Å². The Bertz CT molecular complexity index is 1090. The van der Waals surface area contributed by atoms with E-state index in [1.165, 1.54) is 13.2 Å². The number of aryl methyl sites for hydroxylation is 1. The van der Waals surface area contributed by atoms with Crippen molar-refractivity contribution in [2.75, 3.05) is 7.11 Å². The zero-order chi connectivity index (χ0) is 18.3. The number of aromatic nitrogens is 1. The van der Waals surface area contributed by atoms with Crippen molar-refractivity contribution in [2.45, 2.75) is 0 Å². The molecule has 2 aromatic heterocycles. The lowest BCUT2D eigenvalue weighted by Crippen LogP contribution is -2.06. The van der Waals surface area contributed by atoms with Crippen LogP contribution in [-0.4, -0.2) is 29.5 Å². The third-order valence-corrected chi connectivity index (χ3v) is 4.06. The summed E-state index contributed by atoms with van der Waals surface area (Å²) in [5.41, 5.74) is 2.46. The van der Waals surface area contributed by atoms with Crippen molar-refractivity contribution in [1.82, 2.24) is 4.57 Å². The molecule has 7 heteroatoms. The second-order valence-electron chi connectivity index (χ2n) is 5.68. The zero-order valence-electron chi connectivity index (χ0n) is 14.1. The predicted octanol–water partition coefficient (Wildman–Crippen LogP) is 2.90. The Balaban J connectivity index is 1.69. The number of carbonyl (C=O) groups excluding carboxylic acids is 2. The summed E-state index contributed by atoms with van der Waals surface area (Å²) in [6.45, 7) is 0. The van der Waals surface area contributed by atoms with Gasteiger partial charge in [-0.3, -0.25) is 0 Å². The second kappa shape index (κ2) is 6.03. The average Bonchev–Trinajstić information content (AvgIpc) is 3.31. The number of aliphatic imine (C=N–C) groups is 1. The molecule has 0 radical (unpaired) electrons. The summed E-state index contributed by atoms with van der Waals surface area (Å²) < 4.78 is 17.3. The van der Waals surface area contributed by atoms with Gasteiger partial charge in [0.2, 0.25) is 5.90 Å². The molecule has 7 nitrogen and oxygen atoms in total. The maximum Gasteiger partial charge on any atom is 0.363 e. The molecular weight excluding hydrogens is 336 g/mol. The molecule has 0 atom stereocenters. The van der Waals surface area contributed by atoms with Crippen LogP contribution < -0.4 is 0 Å². The van der Waals surface area contributed by atoms with Gasteiger partial charge in [0.1, 0.15) is 11.5 Å². The fraction of sp³-hybridized carbons (Fsp3) is 0.105. The number of methoxy groups -OCH3 is 1. The molecule has 1 aliphatic heterocycles. The van der Waals surface area contributed by atoms with Crippen LogP contribution in [0.25, 0.3) is 17.2 Å². The third-order valence-electron chi connectivity index (χ3n) is 4.06. The third kappa shape index (κ3) is 2.59. The Hall–Kier alpha value is -3.61. The van der Waals surface area contributed by atoms with E-state index in [9.17, 15) is 9.59 Å². The van der Waals surface area contributed by atoms with Crippen molar-refractivity contribution in [3.63, 3.8) is 0 Å². The molecule has 3 heterocycles. The molecule has 0 saturated heterocycles. The zero-order valence-corrected chi connectivity index (χ0v) is 14.1. The van der Waals surface area contributed by atoms with Crippen LogP contribution in [-0.2, 0) is 21.3 Å². The second-order valence-corrected chi connectivity index (χ2v) is 5.68. The van der Waals surface area contributed by atoms with Gasteiger partial charge in [-0.15, -0.1) is 0 Å². The highest BCUT2D eigenvalue weighted by Gasteiger charge is 2.25. The molecule has 1 aliphatic rings. The molecule has 0 aliphatic carbocycles. The Labute approximate surface area is 148 Å². The lowest BCUT2D eigenvalue weighted by molar-refractivity contribution is -0.129. The lowest BCUT2D eigenvalue weighted by Gasteiger charge is -2.00. The van der Waals surface area contributed by atoms with Gasteiger partial charge >= 0.3 is 11.9 Å². The SMILES string of the molecule is COC(=O)c1cc2oc(/C=C3/N=C(c4ccccc4)OC3=O)cc2n1C. The van der Waals surface area contributed by atoms with E-state index in [1.807, 2.05) is 30.3 Å². The molecule has 0 N–H and O–H groups in total. The molecule has 3 aromatic rings. The molecular formula is C19H14N2O5. The summed E-state index contributed by atoms with van der Waals surface area (Å²) in [7, 11) is 3.05. The van der Waals surface area contributed by atoms with E-state index in [0.29, 0.717) is 22.6 Å². The van der Waals surface area contributed by atoms with Gasteiger partial charge in [-0.1, -0.05) is 18.2 Å². The lowest BCUT2D eigenvalue weighted by atomic mass is 10.2. The van der Waals surface area contributed by atoms with Crippen LogP contribution in [0.5, 0.6) is 0 Å². The number of ether oxygens (including phenoxy) is 2. The van der Waals surface area contributed by atoms with Gasteiger partial charge in [0.05, 0.1) is 12.6 Å². The fourth-order valence-corrected chi connectivity index (χ4v) is 2.75. The van der Waals surface area contributed by atoms with Crippen molar-refractivity contribution in [2.24, 2.45) is 12.0 Å². The van der Waals surface area contributed by atoms with Gasteiger partial charge in [0.25, 0.3) is 0 Å². The summed E-state index contributed by atoms with van der Waals surface area (Å²) in [4.78, 5) is 28.0. The monoisotopic (exact) mass is 350 g/mol. The smallest absolute Gasteiger partial charge is 0.363 e. The maximum atomic E-state index is 12.1. The van der Waals surface area contributed by atoms with E-state index >= 15 is 0 Å². The first-order valence-corrected chi connectivity index (χ1v) is 7.82. The minimum Gasteiger partial charge on any atom is -0.464 e. The van der Waals surface area contributed by atoms with E-state index in [4.69, 9.17) is 13.9 Å². The van der Waals surface area contributed by atoms with Crippen LogP contribution in [0.15, 0.2) is 57.6 Å². The molecule has 0 spiro atoms. The number of nitrogens with zero attached hydrogens (tertiary/aromatic N) is 2. The van der Waals surface area contributed by atoms with E-state index in [0.717, 1.165) is 5.56 Å². The number of benzene rings is 1. The quantitative estimate of drug-likeness (QED) is 0.536. The Morgan fingerprint density at radius 3 is 2.69 bits per heavy atom. The van der Waals surface area contributed by atoms with Crippen LogP contribution in [0.2, 0.25) is 0 Å². The van der Waals surface area contributed by atoms with Gasteiger partial charge < -0.3 is 18.5 Å². The van der Waals surface area contributed by atoms with E-state index < -0.39 is 11.9 Å². The van der Waals surface area contributed by atoms with Gasteiger partial charge in [0.15, 0.2) is 11.3 Å². The van der Waals surface area contributed by atoms with E-state index in [1.54, 1.807) is 23.7 Å². The molecule has 0 saturated carbocycles. The normalized spacial score (nSPS) is 15.4. The first kappa shape index (κ1) is 15.9. The molecule has 0 bridgehead atoms. The van der Waals surface area contributed by atoms with Gasteiger partial charge in [-0.05, 0) is 12.1 Å². The largest absolute Gasteiger partial charge is 0.464 e. The summed E-state index contributed by atoms with van der Waals surface area (Å²) in [6, 6.07) is 12.5. The van der Waals surface area contributed by atoms with Crippen LogP contribution in [0.3, 0.4) is 0 Å². The highest BCUT2D eigenvalue weighted by molar-refractivity contribution is 6.12. The number of cyclic esters (lactones) is 1. The van der Waals surface area contributed by atoms with Crippen LogP contribution in [0.1, 0.15) is 21.8 Å². The van der Waals surface area contributed by atoms with Gasteiger partial charge in [-0.2, -0.15) is 0 Å². The number of rotatable bonds is 3. The minimum absolute atomic E-state index is 0.149. The first-order chi connectivity index (χ1) is 12.6. The molecule has 0 unspecified atom stereocenters. The maximum absolute atomic E-state index is 12.1. The minimum atomic E-state index is -0.542. The summed E-state index contributed by atoms with van der Waals surface area (Å²) in [6.07, 6.45) is 1.51. The van der Waals surface area contributed by atoms with Crippen molar-refractivity contribution < 1.29 is 23.5 Å². The Morgan fingerprint density at radius 2 is 2.00 bits per heavy atom. The van der Waals surface area contributed by atoms with Crippen LogP contribution >= 0.6 is 0 Å². The predicted molar refractivity (Wildman–Crippen MR) is 93.6 cm³/mol. The molecule has 26 heavy (non-hydrogen) atoms. The molecule has 0 amide bonds. The molecule has 1 aromatic carbocycles. The average molecular weight is 350 g/mol. The van der Waals surface area contributed by atoms with Crippen molar-refractivity contribution >= 4 is 35.0 Å².